The number of urea groups is 1. The molecular weight excluding hydrogens is 284 g/mol. The zero-order chi connectivity index (χ0) is 15.2. The highest BCUT2D eigenvalue weighted by Crippen LogP contribution is 2.24. The Morgan fingerprint density at radius 1 is 1.52 bits per heavy atom. The number of carbonyl (C=O) groups excluding carboxylic acids is 1. The van der Waals surface area contributed by atoms with E-state index >= 15 is 0 Å². The van der Waals surface area contributed by atoms with E-state index in [2.05, 4.69) is 25.2 Å². The van der Waals surface area contributed by atoms with Gasteiger partial charge < -0.3 is 15.3 Å². The summed E-state index contributed by atoms with van der Waals surface area (Å²) in [6, 6.07) is 7.80. The quantitative estimate of drug-likeness (QED) is 0.878. The number of amides is 2. The highest BCUT2D eigenvalue weighted by molar-refractivity contribution is 7.98. The number of aliphatic hydroxyl groups is 1. The molecule has 4 nitrogen and oxygen atoms in total. The second-order valence-corrected chi connectivity index (χ2v) is 6.75. The smallest absolute Gasteiger partial charge is 0.322 e. The summed E-state index contributed by atoms with van der Waals surface area (Å²) < 4.78 is 0. The Kier molecular flexibility index (Phi) is 5.94. The standard InChI is InChI=1S/C16H24N2O2S/c1-3-21-11-13-5-4-6-14(9-13)17-16(20)18-8-7-12(2)15(18)10-19/h4-6,9,12,15,19H,3,7-8,10-11H2,1-2H3,(H,17,20)/t12-,15-/m0/s1. The molecule has 0 aromatic heterocycles. The van der Waals surface area contributed by atoms with E-state index in [4.69, 9.17) is 0 Å². The number of rotatable bonds is 5. The third-order valence-corrected chi connectivity index (χ3v) is 4.93. The molecule has 2 rings (SSSR count). The summed E-state index contributed by atoms with van der Waals surface area (Å²) in [6.07, 6.45) is 0.950. The van der Waals surface area contributed by atoms with Crippen LogP contribution in [0.1, 0.15) is 25.8 Å². The Labute approximate surface area is 130 Å². The molecule has 1 aliphatic heterocycles. The van der Waals surface area contributed by atoms with E-state index in [1.165, 1.54) is 5.56 Å². The maximum atomic E-state index is 12.4. The second kappa shape index (κ2) is 7.71. The Morgan fingerprint density at radius 2 is 2.33 bits per heavy atom. The fraction of sp³-hybridized carbons (Fsp3) is 0.562. The normalized spacial score (nSPS) is 21.6. The number of anilines is 1. The lowest BCUT2D eigenvalue weighted by Crippen LogP contribution is -2.42. The Hall–Kier alpha value is -1.20. The molecule has 0 radical (unpaired) electrons. The van der Waals surface area contributed by atoms with Crippen LogP contribution in [0, 0.1) is 5.92 Å². The third kappa shape index (κ3) is 4.14. The van der Waals surface area contributed by atoms with Crippen LogP contribution in [-0.2, 0) is 5.75 Å². The maximum absolute atomic E-state index is 12.4. The summed E-state index contributed by atoms with van der Waals surface area (Å²) in [7, 11) is 0. The summed E-state index contributed by atoms with van der Waals surface area (Å²) in [5.41, 5.74) is 2.04. The number of benzene rings is 1. The van der Waals surface area contributed by atoms with Crippen LogP contribution < -0.4 is 5.32 Å². The Morgan fingerprint density at radius 3 is 3.05 bits per heavy atom. The van der Waals surface area contributed by atoms with E-state index in [1.54, 1.807) is 4.90 Å². The largest absolute Gasteiger partial charge is 0.394 e. The first kappa shape index (κ1) is 16.2. The number of carbonyl (C=O) groups is 1. The number of nitrogens with one attached hydrogen (secondary N) is 1. The lowest BCUT2D eigenvalue weighted by molar-refractivity contribution is 0.152. The molecule has 116 valence electrons. The van der Waals surface area contributed by atoms with Gasteiger partial charge in [0.15, 0.2) is 0 Å². The molecule has 0 spiro atoms. The predicted molar refractivity (Wildman–Crippen MR) is 88.7 cm³/mol. The van der Waals surface area contributed by atoms with Gasteiger partial charge in [0.1, 0.15) is 0 Å². The third-order valence-electron chi connectivity index (χ3n) is 3.98. The zero-order valence-electron chi connectivity index (χ0n) is 12.7. The van der Waals surface area contributed by atoms with Crippen LogP contribution in [0.3, 0.4) is 0 Å². The van der Waals surface area contributed by atoms with Gasteiger partial charge in [0.2, 0.25) is 0 Å². The van der Waals surface area contributed by atoms with E-state index in [0.29, 0.717) is 12.5 Å². The van der Waals surface area contributed by atoms with E-state index in [0.717, 1.165) is 23.6 Å². The zero-order valence-corrected chi connectivity index (χ0v) is 13.5. The van der Waals surface area contributed by atoms with Crippen LogP contribution in [-0.4, -0.2) is 41.0 Å². The number of hydrogen-bond donors (Lipinski definition) is 2. The fourth-order valence-corrected chi connectivity index (χ4v) is 3.31. The predicted octanol–water partition coefficient (Wildman–Crippen LogP) is 3.17. The average Bonchev–Trinajstić information content (AvgIpc) is 2.86. The van der Waals surface area contributed by atoms with Crippen molar-refractivity contribution in [2.24, 2.45) is 5.92 Å². The van der Waals surface area contributed by atoms with E-state index in [1.807, 2.05) is 30.0 Å². The van der Waals surface area contributed by atoms with Gasteiger partial charge in [-0.25, -0.2) is 4.79 Å². The van der Waals surface area contributed by atoms with Crippen LogP contribution in [0.4, 0.5) is 10.5 Å². The average molecular weight is 308 g/mol. The lowest BCUT2D eigenvalue weighted by Gasteiger charge is -2.25. The van der Waals surface area contributed by atoms with Crippen LogP contribution in [0.2, 0.25) is 0 Å². The molecule has 2 N–H and O–H groups in total. The van der Waals surface area contributed by atoms with Gasteiger partial charge in [-0.15, -0.1) is 0 Å². The van der Waals surface area contributed by atoms with Crippen molar-refractivity contribution in [1.29, 1.82) is 0 Å². The minimum Gasteiger partial charge on any atom is -0.394 e. The van der Waals surface area contributed by atoms with Crippen molar-refractivity contribution in [1.82, 2.24) is 4.90 Å². The minimum absolute atomic E-state index is 0.0295. The second-order valence-electron chi connectivity index (χ2n) is 5.48. The highest BCUT2D eigenvalue weighted by atomic mass is 32.2. The summed E-state index contributed by atoms with van der Waals surface area (Å²) in [5.74, 6) is 2.40. The first-order chi connectivity index (χ1) is 10.2. The molecule has 1 saturated heterocycles. The van der Waals surface area contributed by atoms with Crippen molar-refractivity contribution in [3.05, 3.63) is 29.8 Å². The topological polar surface area (TPSA) is 52.6 Å². The lowest BCUT2D eigenvalue weighted by atomic mass is 10.0. The Balaban J connectivity index is 1.99. The van der Waals surface area contributed by atoms with Crippen molar-refractivity contribution in [3.63, 3.8) is 0 Å². The van der Waals surface area contributed by atoms with Gasteiger partial charge in [0.05, 0.1) is 12.6 Å². The number of likely N-dealkylation sites (tertiary alicyclic amines) is 1. The van der Waals surface area contributed by atoms with Gasteiger partial charge in [-0.2, -0.15) is 11.8 Å². The number of nitrogens with zero attached hydrogens (tertiary/aromatic N) is 1. The summed E-state index contributed by atoms with van der Waals surface area (Å²) in [6.45, 7) is 4.96. The molecule has 1 fully saturated rings. The van der Waals surface area contributed by atoms with Gasteiger partial charge in [0.25, 0.3) is 0 Å². The minimum atomic E-state index is -0.112. The molecule has 2 amide bonds. The first-order valence-corrected chi connectivity index (χ1v) is 8.66. The van der Waals surface area contributed by atoms with E-state index in [9.17, 15) is 9.90 Å². The summed E-state index contributed by atoms with van der Waals surface area (Å²) in [5, 5.41) is 12.4. The van der Waals surface area contributed by atoms with E-state index in [-0.39, 0.29) is 18.7 Å². The molecule has 1 heterocycles. The van der Waals surface area contributed by atoms with Crippen molar-refractivity contribution in [3.8, 4) is 0 Å². The molecule has 5 heteroatoms. The molecule has 0 saturated carbocycles. The van der Waals surface area contributed by atoms with Crippen molar-refractivity contribution in [2.45, 2.75) is 32.1 Å². The van der Waals surface area contributed by atoms with Crippen molar-refractivity contribution >= 4 is 23.5 Å². The monoisotopic (exact) mass is 308 g/mol. The Bertz CT molecular complexity index is 481. The molecule has 1 aliphatic rings. The summed E-state index contributed by atoms with van der Waals surface area (Å²) in [4.78, 5) is 14.1. The summed E-state index contributed by atoms with van der Waals surface area (Å²) >= 11 is 1.86. The van der Waals surface area contributed by atoms with Crippen molar-refractivity contribution < 1.29 is 9.90 Å². The molecular formula is C16H24N2O2S. The molecule has 0 unspecified atom stereocenters. The molecule has 0 aliphatic carbocycles. The van der Waals surface area contributed by atoms with Gasteiger partial charge in [-0.05, 0) is 35.8 Å². The first-order valence-electron chi connectivity index (χ1n) is 7.50. The van der Waals surface area contributed by atoms with Crippen LogP contribution in [0.25, 0.3) is 0 Å². The molecule has 2 atom stereocenters. The molecule has 1 aromatic carbocycles. The van der Waals surface area contributed by atoms with Crippen molar-refractivity contribution in [2.75, 3.05) is 24.2 Å². The highest BCUT2D eigenvalue weighted by Gasteiger charge is 2.33. The number of hydrogen-bond acceptors (Lipinski definition) is 3. The fourth-order valence-electron chi connectivity index (χ4n) is 2.69. The van der Waals surface area contributed by atoms with Crippen LogP contribution in [0.15, 0.2) is 24.3 Å². The van der Waals surface area contributed by atoms with Crippen LogP contribution in [0.5, 0.6) is 0 Å². The van der Waals surface area contributed by atoms with Gasteiger partial charge in [-0.3, -0.25) is 0 Å². The van der Waals surface area contributed by atoms with Crippen LogP contribution >= 0.6 is 11.8 Å². The molecule has 0 bridgehead atoms. The molecule has 21 heavy (non-hydrogen) atoms. The number of thioether (sulfide) groups is 1. The number of aliphatic hydroxyl groups excluding tert-OH is 1. The van der Waals surface area contributed by atoms with Gasteiger partial charge >= 0.3 is 6.03 Å². The van der Waals surface area contributed by atoms with Gasteiger partial charge in [-0.1, -0.05) is 26.0 Å². The SMILES string of the molecule is CCSCc1cccc(NC(=O)N2CC[C@H](C)[C@@H]2CO)c1. The maximum Gasteiger partial charge on any atom is 0.322 e. The van der Waals surface area contributed by atoms with E-state index < -0.39 is 0 Å². The molecule has 1 aromatic rings. The van der Waals surface area contributed by atoms with Gasteiger partial charge in [0, 0.05) is 18.0 Å².